The van der Waals surface area contributed by atoms with Crippen LogP contribution in [0.2, 0.25) is 0 Å². The lowest BCUT2D eigenvalue weighted by Crippen LogP contribution is -2.50. The van der Waals surface area contributed by atoms with Crippen LogP contribution in [-0.4, -0.2) is 23.5 Å². The zero-order chi connectivity index (χ0) is 14.0. The van der Waals surface area contributed by atoms with Gasteiger partial charge in [0, 0.05) is 18.1 Å². The molecule has 2 N–H and O–H groups in total. The number of nitrogens with two attached hydrogens (primary N) is 1. The summed E-state index contributed by atoms with van der Waals surface area (Å²) in [7, 11) is 0. The molecule has 1 fully saturated rings. The minimum absolute atomic E-state index is 0.257. The summed E-state index contributed by atoms with van der Waals surface area (Å²) >= 11 is 0. The first-order chi connectivity index (χ1) is 9.00. The van der Waals surface area contributed by atoms with Crippen LogP contribution in [0.25, 0.3) is 0 Å². The number of likely N-dealkylation sites (tertiary alicyclic amines) is 1. The van der Waals surface area contributed by atoms with Gasteiger partial charge in [-0.3, -0.25) is 4.90 Å². The highest BCUT2D eigenvalue weighted by Gasteiger charge is 2.30. The summed E-state index contributed by atoms with van der Waals surface area (Å²) in [6.07, 6.45) is 3.87. The lowest BCUT2D eigenvalue weighted by atomic mass is 9.91. The largest absolute Gasteiger partial charge is 0.327 e. The normalized spacial score (nSPS) is 24.2. The highest BCUT2D eigenvalue weighted by Crippen LogP contribution is 2.31. The van der Waals surface area contributed by atoms with E-state index >= 15 is 0 Å². The van der Waals surface area contributed by atoms with E-state index in [2.05, 4.69) is 50.8 Å². The molecular weight excluding hydrogens is 232 g/mol. The van der Waals surface area contributed by atoms with Gasteiger partial charge < -0.3 is 5.73 Å². The summed E-state index contributed by atoms with van der Waals surface area (Å²) in [6.45, 7) is 10.1. The molecule has 0 amide bonds. The first-order valence-corrected chi connectivity index (χ1v) is 7.59. The molecule has 0 bridgehead atoms. The van der Waals surface area contributed by atoms with E-state index in [0.29, 0.717) is 12.1 Å². The maximum absolute atomic E-state index is 6.20. The van der Waals surface area contributed by atoms with Crippen LogP contribution in [0.4, 0.5) is 0 Å². The fourth-order valence-corrected chi connectivity index (χ4v) is 3.41. The van der Waals surface area contributed by atoms with Gasteiger partial charge in [-0.15, -0.1) is 0 Å². The summed E-state index contributed by atoms with van der Waals surface area (Å²) in [5.41, 5.74) is 10.4. The Morgan fingerprint density at radius 1 is 1.21 bits per heavy atom. The Morgan fingerprint density at radius 3 is 2.63 bits per heavy atom. The number of piperidine rings is 1. The Labute approximate surface area is 118 Å². The standard InChI is InChI=1S/C17H28N2/c1-12-8-9-13(2)16(11-12)15(4)19-10-6-5-7-17(19)14(3)18/h8-9,11,14-15,17H,5-7,10,18H2,1-4H3. The van der Waals surface area contributed by atoms with Gasteiger partial charge in [0.15, 0.2) is 0 Å². The van der Waals surface area contributed by atoms with Crippen molar-refractivity contribution in [2.45, 2.75) is 65.1 Å². The summed E-state index contributed by atoms with van der Waals surface area (Å²) in [5.74, 6) is 0. The summed E-state index contributed by atoms with van der Waals surface area (Å²) in [5, 5.41) is 0. The number of hydrogen-bond donors (Lipinski definition) is 1. The maximum Gasteiger partial charge on any atom is 0.0326 e. The van der Waals surface area contributed by atoms with Gasteiger partial charge in [-0.25, -0.2) is 0 Å². The highest BCUT2D eigenvalue weighted by atomic mass is 15.2. The number of rotatable bonds is 3. The average Bonchev–Trinajstić information content (AvgIpc) is 2.40. The predicted octanol–water partition coefficient (Wildman–Crippen LogP) is 3.57. The topological polar surface area (TPSA) is 29.3 Å². The van der Waals surface area contributed by atoms with E-state index in [9.17, 15) is 0 Å². The zero-order valence-corrected chi connectivity index (χ0v) is 12.8. The van der Waals surface area contributed by atoms with E-state index in [-0.39, 0.29) is 6.04 Å². The monoisotopic (exact) mass is 260 g/mol. The molecule has 1 heterocycles. The van der Waals surface area contributed by atoms with Crippen LogP contribution in [0.5, 0.6) is 0 Å². The third-order valence-electron chi connectivity index (χ3n) is 4.58. The average molecular weight is 260 g/mol. The zero-order valence-electron chi connectivity index (χ0n) is 12.8. The van der Waals surface area contributed by atoms with E-state index in [0.717, 1.165) is 0 Å². The Bertz CT molecular complexity index is 425. The third kappa shape index (κ3) is 3.18. The molecule has 1 aliphatic rings. The van der Waals surface area contributed by atoms with Gasteiger partial charge in [0.05, 0.1) is 0 Å². The second-order valence-electron chi connectivity index (χ2n) is 6.20. The molecule has 106 valence electrons. The summed E-state index contributed by atoms with van der Waals surface area (Å²) in [6, 6.07) is 8.04. The van der Waals surface area contributed by atoms with Gasteiger partial charge >= 0.3 is 0 Å². The SMILES string of the molecule is Cc1ccc(C)c(C(C)N2CCCCC2C(C)N)c1. The Balaban J connectivity index is 2.25. The molecular formula is C17H28N2. The Kier molecular flexibility index (Phi) is 4.64. The minimum atomic E-state index is 0.257. The molecule has 0 aromatic heterocycles. The molecule has 2 nitrogen and oxygen atoms in total. The van der Waals surface area contributed by atoms with Gasteiger partial charge in [0.25, 0.3) is 0 Å². The summed E-state index contributed by atoms with van der Waals surface area (Å²) in [4.78, 5) is 2.62. The molecule has 1 aromatic carbocycles. The number of benzene rings is 1. The molecule has 1 aromatic rings. The smallest absolute Gasteiger partial charge is 0.0326 e. The lowest BCUT2D eigenvalue weighted by molar-refractivity contribution is 0.0887. The molecule has 3 unspecified atom stereocenters. The molecule has 0 aliphatic carbocycles. The second kappa shape index (κ2) is 6.06. The van der Waals surface area contributed by atoms with Gasteiger partial charge in [-0.1, -0.05) is 30.2 Å². The highest BCUT2D eigenvalue weighted by molar-refractivity contribution is 5.33. The van der Waals surface area contributed by atoms with Gasteiger partial charge in [-0.05, 0) is 58.2 Å². The van der Waals surface area contributed by atoms with Gasteiger partial charge in [0.2, 0.25) is 0 Å². The van der Waals surface area contributed by atoms with Crippen LogP contribution < -0.4 is 5.73 Å². The van der Waals surface area contributed by atoms with Crippen LogP contribution in [0.1, 0.15) is 55.8 Å². The van der Waals surface area contributed by atoms with Crippen molar-refractivity contribution < 1.29 is 0 Å². The van der Waals surface area contributed by atoms with Crippen molar-refractivity contribution >= 4 is 0 Å². The fourth-order valence-electron chi connectivity index (χ4n) is 3.41. The predicted molar refractivity (Wildman–Crippen MR) is 82.3 cm³/mol. The van der Waals surface area contributed by atoms with Crippen molar-refractivity contribution in [3.05, 3.63) is 34.9 Å². The second-order valence-corrected chi connectivity index (χ2v) is 6.20. The lowest BCUT2D eigenvalue weighted by Gasteiger charge is -2.42. The van der Waals surface area contributed by atoms with E-state index in [1.165, 1.54) is 42.5 Å². The summed E-state index contributed by atoms with van der Waals surface area (Å²) < 4.78 is 0. The molecule has 1 saturated heterocycles. The minimum Gasteiger partial charge on any atom is -0.327 e. The molecule has 2 rings (SSSR count). The van der Waals surface area contributed by atoms with E-state index < -0.39 is 0 Å². The number of hydrogen-bond acceptors (Lipinski definition) is 2. The molecule has 0 spiro atoms. The van der Waals surface area contributed by atoms with Crippen molar-refractivity contribution in [1.82, 2.24) is 4.90 Å². The fraction of sp³-hybridized carbons (Fsp3) is 0.647. The van der Waals surface area contributed by atoms with Crippen molar-refractivity contribution in [1.29, 1.82) is 0 Å². The van der Waals surface area contributed by atoms with Crippen LogP contribution in [0, 0.1) is 13.8 Å². The van der Waals surface area contributed by atoms with Crippen molar-refractivity contribution in [2.75, 3.05) is 6.54 Å². The quantitative estimate of drug-likeness (QED) is 0.900. The van der Waals surface area contributed by atoms with Crippen molar-refractivity contribution in [2.24, 2.45) is 5.73 Å². The molecule has 1 aliphatic heterocycles. The van der Waals surface area contributed by atoms with E-state index in [4.69, 9.17) is 5.73 Å². The van der Waals surface area contributed by atoms with Gasteiger partial charge in [-0.2, -0.15) is 0 Å². The molecule has 2 heteroatoms. The molecule has 19 heavy (non-hydrogen) atoms. The first-order valence-electron chi connectivity index (χ1n) is 7.59. The molecule has 0 radical (unpaired) electrons. The molecule has 0 saturated carbocycles. The van der Waals surface area contributed by atoms with Crippen LogP contribution in [0.15, 0.2) is 18.2 Å². The number of aryl methyl sites for hydroxylation is 2. The number of nitrogens with zero attached hydrogens (tertiary/aromatic N) is 1. The third-order valence-corrected chi connectivity index (χ3v) is 4.58. The Hall–Kier alpha value is -0.860. The Morgan fingerprint density at radius 2 is 1.95 bits per heavy atom. The van der Waals surface area contributed by atoms with Gasteiger partial charge in [0.1, 0.15) is 0 Å². The van der Waals surface area contributed by atoms with Crippen LogP contribution >= 0.6 is 0 Å². The van der Waals surface area contributed by atoms with Crippen LogP contribution in [-0.2, 0) is 0 Å². The van der Waals surface area contributed by atoms with E-state index in [1.807, 2.05) is 0 Å². The van der Waals surface area contributed by atoms with Crippen molar-refractivity contribution in [3.63, 3.8) is 0 Å². The van der Waals surface area contributed by atoms with E-state index in [1.54, 1.807) is 0 Å². The van der Waals surface area contributed by atoms with Crippen molar-refractivity contribution in [3.8, 4) is 0 Å². The van der Waals surface area contributed by atoms with Crippen LogP contribution in [0.3, 0.4) is 0 Å². The maximum atomic E-state index is 6.20. The first kappa shape index (κ1) is 14.5. The molecule has 3 atom stereocenters.